The van der Waals surface area contributed by atoms with Gasteiger partial charge in [0.25, 0.3) is 0 Å². The SMILES string of the molecule is Cc1ccc(OCCSCc2ccc(C(N)=S)cc2)cc1. The van der Waals surface area contributed by atoms with Crippen LogP contribution < -0.4 is 10.5 Å². The number of hydrogen-bond acceptors (Lipinski definition) is 3. The molecule has 0 aliphatic rings. The van der Waals surface area contributed by atoms with Crippen LogP contribution in [0, 0.1) is 6.92 Å². The van der Waals surface area contributed by atoms with E-state index in [2.05, 4.69) is 31.2 Å². The molecule has 0 atom stereocenters. The minimum Gasteiger partial charge on any atom is -0.493 e. The van der Waals surface area contributed by atoms with Gasteiger partial charge in [-0.25, -0.2) is 0 Å². The molecule has 2 N–H and O–H groups in total. The van der Waals surface area contributed by atoms with Crippen molar-refractivity contribution in [2.75, 3.05) is 12.4 Å². The quantitative estimate of drug-likeness (QED) is 0.620. The number of rotatable bonds is 7. The zero-order chi connectivity index (χ0) is 15.1. The number of nitrogens with two attached hydrogens (primary N) is 1. The molecule has 2 aromatic rings. The maximum Gasteiger partial charge on any atom is 0.119 e. The first-order chi connectivity index (χ1) is 10.1. The molecule has 0 aliphatic carbocycles. The number of ether oxygens (including phenoxy) is 1. The Morgan fingerprint density at radius 3 is 2.38 bits per heavy atom. The van der Waals surface area contributed by atoms with Crippen molar-refractivity contribution in [3.63, 3.8) is 0 Å². The Hall–Kier alpha value is -1.52. The van der Waals surface area contributed by atoms with Gasteiger partial charge in [-0.2, -0.15) is 11.8 Å². The lowest BCUT2D eigenvalue weighted by Crippen LogP contribution is -2.08. The predicted octanol–water partition coefficient (Wildman–Crippen LogP) is 3.94. The Balaban J connectivity index is 1.67. The predicted molar refractivity (Wildman–Crippen MR) is 95.2 cm³/mol. The van der Waals surface area contributed by atoms with E-state index in [-0.39, 0.29) is 0 Å². The molecule has 0 bridgehead atoms. The van der Waals surface area contributed by atoms with Crippen LogP contribution in [0.3, 0.4) is 0 Å². The third-order valence-corrected chi connectivity index (χ3v) is 4.25. The number of thioether (sulfide) groups is 1. The van der Waals surface area contributed by atoms with Crippen LogP contribution in [0.2, 0.25) is 0 Å². The highest BCUT2D eigenvalue weighted by atomic mass is 32.2. The Labute approximate surface area is 135 Å². The summed E-state index contributed by atoms with van der Waals surface area (Å²) in [5.41, 5.74) is 9.02. The first-order valence-corrected chi connectivity index (χ1v) is 8.37. The summed E-state index contributed by atoms with van der Waals surface area (Å²) in [5, 5.41) is 0. The van der Waals surface area contributed by atoms with Crippen molar-refractivity contribution in [1.82, 2.24) is 0 Å². The lowest BCUT2D eigenvalue weighted by atomic mass is 10.1. The van der Waals surface area contributed by atoms with Crippen molar-refractivity contribution < 1.29 is 4.74 Å². The molecule has 0 aliphatic heterocycles. The van der Waals surface area contributed by atoms with Crippen LogP contribution in [0.15, 0.2) is 48.5 Å². The fourth-order valence-electron chi connectivity index (χ4n) is 1.81. The molecule has 0 aromatic heterocycles. The Morgan fingerprint density at radius 2 is 1.76 bits per heavy atom. The smallest absolute Gasteiger partial charge is 0.119 e. The first-order valence-electron chi connectivity index (χ1n) is 6.81. The average Bonchev–Trinajstić information content (AvgIpc) is 2.49. The first kappa shape index (κ1) is 15.9. The summed E-state index contributed by atoms with van der Waals surface area (Å²) in [6, 6.07) is 16.2. The minimum absolute atomic E-state index is 0.445. The molecule has 2 nitrogen and oxygen atoms in total. The summed E-state index contributed by atoms with van der Waals surface area (Å²) in [6.07, 6.45) is 0. The van der Waals surface area contributed by atoms with Gasteiger partial charge in [0.1, 0.15) is 10.7 Å². The zero-order valence-electron chi connectivity index (χ0n) is 12.0. The summed E-state index contributed by atoms with van der Waals surface area (Å²) < 4.78 is 5.70. The van der Waals surface area contributed by atoms with Gasteiger partial charge >= 0.3 is 0 Å². The van der Waals surface area contributed by atoms with Gasteiger partial charge in [-0.05, 0) is 24.6 Å². The zero-order valence-corrected chi connectivity index (χ0v) is 13.7. The molecule has 4 heteroatoms. The van der Waals surface area contributed by atoms with Crippen LogP contribution in [0.4, 0.5) is 0 Å². The van der Waals surface area contributed by atoms with Crippen LogP contribution in [0.1, 0.15) is 16.7 Å². The Bertz CT molecular complexity index is 579. The summed E-state index contributed by atoms with van der Waals surface area (Å²) in [7, 11) is 0. The molecule has 0 amide bonds. The molecule has 0 spiro atoms. The third kappa shape index (κ3) is 5.40. The Morgan fingerprint density at radius 1 is 1.10 bits per heavy atom. The van der Waals surface area contributed by atoms with Gasteiger partial charge in [0.05, 0.1) is 6.61 Å². The van der Waals surface area contributed by atoms with Gasteiger partial charge in [-0.3, -0.25) is 0 Å². The molecule has 0 fully saturated rings. The lowest BCUT2D eigenvalue weighted by molar-refractivity contribution is 0.344. The van der Waals surface area contributed by atoms with Gasteiger partial charge < -0.3 is 10.5 Å². The second-order valence-corrected chi connectivity index (χ2v) is 6.32. The minimum atomic E-state index is 0.445. The van der Waals surface area contributed by atoms with Crippen molar-refractivity contribution >= 4 is 29.0 Å². The number of benzene rings is 2. The fraction of sp³-hybridized carbons (Fsp3) is 0.235. The van der Waals surface area contributed by atoms with Gasteiger partial charge in [0, 0.05) is 17.1 Å². The normalized spacial score (nSPS) is 10.3. The van der Waals surface area contributed by atoms with E-state index in [4.69, 9.17) is 22.7 Å². The van der Waals surface area contributed by atoms with Crippen LogP contribution in [-0.2, 0) is 5.75 Å². The fourth-order valence-corrected chi connectivity index (χ4v) is 2.72. The molecule has 110 valence electrons. The van der Waals surface area contributed by atoms with Gasteiger partial charge in [-0.15, -0.1) is 0 Å². The number of thiocarbonyl (C=S) groups is 1. The van der Waals surface area contributed by atoms with Crippen LogP contribution in [0.25, 0.3) is 0 Å². The topological polar surface area (TPSA) is 35.2 Å². The van der Waals surface area contributed by atoms with Gasteiger partial charge in [-0.1, -0.05) is 54.2 Å². The Kier molecular flexibility index (Phi) is 6.08. The second kappa shape index (κ2) is 8.05. The van der Waals surface area contributed by atoms with E-state index in [0.717, 1.165) is 29.4 Å². The second-order valence-electron chi connectivity index (χ2n) is 4.78. The van der Waals surface area contributed by atoms with E-state index < -0.39 is 0 Å². The van der Waals surface area contributed by atoms with E-state index in [0.29, 0.717) is 4.99 Å². The van der Waals surface area contributed by atoms with Gasteiger partial charge in [0.15, 0.2) is 0 Å². The van der Waals surface area contributed by atoms with E-state index >= 15 is 0 Å². The van der Waals surface area contributed by atoms with Crippen molar-refractivity contribution in [2.24, 2.45) is 5.73 Å². The van der Waals surface area contributed by atoms with Crippen molar-refractivity contribution in [2.45, 2.75) is 12.7 Å². The summed E-state index contributed by atoms with van der Waals surface area (Å²) in [6.45, 7) is 2.79. The summed E-state index contributed by atoms with van der Waals surface area (Å²) in [4.78, 5) is 0.445. The summed E-state index contributed by atoms with van der Waals surface area (Å²) in [5.74, 6) is 2.86. The van der Waals surface area contributed by atoms with E-state index in [1.165, 1.54) is 11.1 Å². The van der Waals surface area contributed by atoms with Crippen molar-refractivity contribution in [3.05, 3.63) is 65.2 Å². The molecular weight excluding hydrogens is 298 g/mol. The van der Waals surface area contributed by atoms with Crippen LogP contribution >= 0.6 is 24.0 Å². The van der Waals surface area contributed by atoms with Crippen molar-refractivity contribution in [1.29, 1.82) is 0 Å². The van der Waals surface area contributed by atoms with E-state index in [1.807, 2.05) is 36.0 Å². The van der Waals surface area contributed by atoms with E-state index in [1.54, 1.807) is 0 Å². The van der Waals surface area contributed by atoms with Crippen LogP contribution in [-0.4, -0.2) is 17.3 Å². The average molecular weight is 317 g/mol. The monoisotopic (exact) mass is 317 g/mol. The molecule has 0 heterocycles. The highest BCUT2D eigenvalue weighted by Gasteiger charge is 1.98. The lowest BCUT2D eigenvalue weighted by Gasteiger charge is -2.07. The molecule has 2 aromatic carbocycles. The molecule has 0 radical (unpaired) electrons. The maximum absolute atomic E-state index is 5.70. The van der Waals surface area contributed by atoms with Gasteiger partial charge in [0.2, 0.25) is 0 Å². The molecule has 0 unspecified atom stereocenters. The molecule has 0 saturated carbocycles. The van der Waals surface area contributed by atoms with E-state index in [9.17, 15) is 0 Å². The number of aryl methyl sites for hydroxylation is 1. The van der Waals surface area contributed by atoms with Crippen LogP contribution in [0.5, 0.6) is 5.75 Å². The molecular formula is C17H19NOS2. The highest BCUT2D eigenvalue weighted by molar-refractivity contribution is 7.98. The molecule has 0 saturated heterocycles. The molecule has 2 rings (SSSR count). The largest absolute Gasteiger partial charge is 0.493 e. The summed E-state index contributed by atoms with van der Waals surface area (Å²) >= 11 is 6.79. The van der Waals surface area contributed by atoms with Crippen molar-refractivity contribution in [3.8, 4) is 5.75 Å². The third-order valence-electron chi connectivity index (χ3n) is 3.02. The number of hydrogen-bond donors (Lipinski definition) is 1. The maximum atomic E-state index is 5.70. The highest BCUT2D eigenvalue weighted by Crippen LogP contribution is 2.15. The standard InChI is InChI=1S/C17H19NOS2/c1-13-2-8-16(9-3-13)19-10-11-21-12-14-4-6-15(7-5-14)17(18)20/h2-9H,10-12H2,1H3,(H2,18,20). The molecule has 21 heavy (non-hydrogen) atoms.